The Balaban J connectivity index is 1.27. The van der Waals surface area contributed by atoms with E-state index in [9.17, 15) is 14.4 Å². The third kappa shape index (κ3) is 6.17. The van der Waals surface area contributed by atoms with Gasteiger partial charge in [0.15, 0.2) is 0 Å². The van der Waals surface area contributed by atoms with E-state index in [0.717, 1.165) is 28.9 Å². The number of imide groups is 1. The van der Waals surface area contributed by atoms with Crippen LogP contribution in [0.4, 0.5) is 10.5 Å². The number of carbonyl (C=O) groups is 3. The van der Waals surface area contributed by atoms with Crippen LogP contribution in [0.3, 0.4) is 0 Å². The summed E-state index contributed by atoms with van der Waals surface area (Å²) in [6.07, 6.45) is 1.14. The van der Waals surface area contributed by atoms with Crippen LogP contribution < -0.4 is 10.1 Å². The van der Waals surface area contributed by atoms with Crippen LogP contribution >= 0.6 is 0 Å². The van der Waals surface area contributed by atoms with Crippen molar-refractivity contribution in [2.24, 2.45) is 0 Å². The predicted molar refractivity (Wildman–Crippen MR) is 161 cm³/mol. The third-order valence-corrected chi connectivity index (χ3v) is 8.17. The SMILES string of the molecule is COCCN1C(=O)N(Cc2cccc(OC)c2)C(=O)C12CCN(Cc1cccc(-c3ccc(NC(C)=O)cc3)c1)CC2. The Bertz CT molecular complexity index is 1430. The normalized spacial score (nSPS) is 16.7. The van der Waals surface area contributed by atoms with Crippen molar-refractivity contribution in [2.75, 3.05) is 45.8 Å². The molecule has 1 spiro atoms. The lowest BCUT2D eigenvalue weighted by atomic mass is 9.85. The molecule has 1 N–H and O–H groups in total. The van der Waals surface area contributed by atoms with E-state index in [2.05, 4.69) is 34.5 Å². The summed E-state index contributed by atoms with van der Waals surface area (Å²) in [6, 6.07) is 23.5. The summed E-state index contributed by atoms with van der Waals surface area (Å²) in [7, 11) is 3.21. The maximum atomic E-state index is 13.9. The highest BCUT2D eigenvalue weighted by atomic mass is 16.5. The number of benzene rings is 3. The molecular formula is C33H38N4O5. The summed E-state index contributed by atoms with van der Waals surface area (Å²) in [5.41, 5.74) is 4.11. The number of likely N-dealkylation sites (tertiary alicyclic amines) is 1. The van der Waals surface area contributed by atoms with Gasteiger partial charge in [0.25, 0.3) is 5.91 Å². The molecule has 3 aromatic rings. The van der Waals surface area contributed by atoms with Gasteiger partial charge < -0.3 is 19.7 Å². The number of rotatable bonds is 10. The fourth-order valence-corrected chi connectivity index (χ4v) is 5.99. The van der Waals surface area contributed by atoms with Crippen molar-refractivity contribution in [3.8, 4) is 16.9 Å². The lowest BCUT2D eigenvalue weighted by molar-refractivity contribution is -0.136. The van der Waals surface area contributed by atoms with E-state index < -0.39 is 5.54 Å². The molecule has 0 unspecified atom stereocenters. The topological polar surface area (TPSA) is 91.4 Å². The average Bonchev–Trinajstić information content (AvgIpc) is 3.18. The summed E-state index contributed by atoms with van der Waals surface area (Å²) in [5, 5.41) is 2.80. The van der Waals surface area contributed by atoms with Crippen molar-refractivity contribution in [1.82, 2.24) is 14.7 Å². The highest BCUT2D eigenvalue weighted by Gasteiger charge is 2.57. The third-order valence-electron chi connectivity index (χ3n) is 8.17. The minimum atomic E-state index is -0.859. The number of amides is 4. The number of anilines is 1. The van der Waals surface area contributed by atoms with E-state index >= 15 is 0 Å². The molecule has 4 amide bonds. The van der Waals surface area contributed by atoms with E-state index in [1.165, 1.54) is 17.4 Å². The molecule has 2 fully saturated rings. The monoisotopic (exact) mass is 570 g/mol. The van der Waals surface area contributed by atoms with Gasteiger partial charge in [0.05, 0.1) is 20.3 Å². The summed E-state index contributed by atoms with van der Waals surface area (Å²) in [4.78, 5) is 44.3. The first kappa shape index (κ1) is 29.3. The minimum Gasteiger partial charge on any atom is -0.497 e. The van der Waals surface area contributed by atoms with E-state index in [4.69, 9.17) is 9.47 Å². The summed E-state index contributed by atoms with van der Waals surface area (Å²) in [5.74, 6) is 0.468. The lowest BCUT2D eigenvalue weighted by Gasteiger charge is -2.42. The number of methoxy groups -OCH3 is 2. The fourth-order valence-electron chi connectivity index (χ4n) is 5.99. The van der Waals surface area contributed by atoms with Crippen molar-refractivity contribution in [3.63, 3.8) is 0 Å². The Hall–Kier alpha value is -4.21. The predicted octanol–water partition coefficient (Wildman–Crippen LogP) is 4.77. The van der Waals surface area contributed by atoms with Crippen LogP contribution in [0.2, 0.25) is 0 Å². The van der Waals surface area contributed by atoms with Gasteiger partial charge in [0, 0.05) is 45.9 Å². The van der Waals surface area contributed by atoms with Crippen molar-refractivity contribution in [3.05, 3.63) is 83.9 Å². The standard InChI is InChI=1S/C33H38N4O5/c1-24(38)34-29-12-10-27(11-13-29)28-8-4-6-25(20-28)22-35-16-14-33(15-17-35)31(39)36(32(40)37(33)18-19-41-2)23-26-7-5-9-30(21-26)42-3/h4-13,20-21H,14-19,22-23H2,1-3H3,(H,34,38). The van der Waals surface area contributed by atoms with Gasteiger partial charge >= 0.3 is 6.03 Å². The number of nitrogens with one attached hydrogen (secondary N) is 1. The van der Waals surface area contributed by atoms with Gasteiger partial charge in [-0.2, -0.15) is 0 Å². The first-order valence-corrected chi connectivity index (χ1v) is 14.3. The summed E-state index contributed by atoms with van der Waals surface area (Å²) >= 11 is 0. The number of ether oxygens (including phenoxy) is 2. The van der Waals surface area contributed by atoms with Crippen LogP contribution in [0.25, 0.3) is 11.1 Å². The van der Waals surface area contributed by atoms with Crippen molar-refractivity contribution >= 4 is 23.5 Å². The molecule has 5 rings (SSSR count). The lowest BCUT2D eigenvalue weighted by Crippen LogP contribution is -2.57. The van der Waals surface area contributed by atoms with Crippen LogP contribution in [0.1, 0.15) is 30.9 Å². The summed E-state index contributed by atoms with van der Waals surface area (Å²) in [6.45, 7) is 4.60. The molecule has 2 aliphatic rings. The molecule has 2 heterocycles. The van der Waals surface area contributed by atoms with Crippen LogP contribution in [-0.4, -0.2) is 78.5 Å². The van der Waals surface area contributed by atoms with Gasteiger partial charge in [0.2, 0.25) is 5.91 Å². The zero-order valence-corrected chi connectivity index (χ0v) is 24.5. The Kier molecular flexibility index (Phi) is 8.89. The van der Waals surface area contributed by atoms with Crippen molar-refractivity contribution in [1.29, 1.82) is 0 Å². The van der Waals surface area contributed by atoms with E-state index in [-0.39, 0.29) is 24.4 Å². The average molecular weight is 571 g/mol. The number of urea groups is 1. The van der Waals surface area contributed by atoms with Crippen LogP contribution in [0.5, 0.6) is 5.75 Å². The molecule has 2 saturated heterocycles. The molecule has 0 bridgehead atoms. The molecule has 0 aromatic heterocycles. The first-order valence-electron chi connectivity index (χ1n) is 14.3. The molecule has 0 radical (unpaired) electrons. The number of piperidine rings is 1. The Morgan fingerprint density at radius 1 is 0.881 bits per heavy atom. The molecule has 3 aromatic carbocycles. The Morgan fingerprint density at radius 2 is 1.57 bits per heavy atom. The molecule has 0 atom stereocenters. The van der Waals surface area contributed by atoms with E-state index in [1.54, 1.807) is 19.1 Å². The van der Waals surface area contributed by atoms with Crippen molar-refractivity contribution in [2.45, 2.75) is 38.4 Å². The number of carbonyl (C=O) groups excluding carboxylic acids is 3. The van der Waals surface area contributed by atoms with Crippen LogP contribution in [0.15, 0.2) is 72.8 Å². The molecule has 220 valence electrons. The second-order valence-electron chi connectivity index (χ2n) is 10.9. The maximum absolute atomic E-state index is 13.9. The number of nitrogens with zero attached hydrogens (tertiary/aromatic N) is 3. The van der Waals surface area contributed by atoms with Crippen molar-refractivity contribution < 1.29 is 23.9 Å². The number of hydrogen-bond donors (Lipinski definition) is 1. The van der Waals surface area contributed by atoms with Gasteiger partial charge in [-0.15, -0.1) is 0 Å². The van der Waals surface area contributed by atoms with Gasteiger partial charge in [-0.3, -0.25) is 19.4 Å². The second-order valence-corrected chi connectivity index (χ2v) is 10.9. The Labute approximate surface area is 247 Å². The largest absolute Gasteiger partial charge is 0.497 e. The molecule has 42 heavy (non-hydrogen) atoms. The molecule has 0 aliphatic carbocycles. The van der Waals surface area contributed by atoms with E-state index in [0.29, 0.717) is 44.8 Å². The van der Waals surface area contributed by atoms with Gasteiger partial charge in [-0.05, 0) is 65.4 Å². The molecular weight excluding hydrogens is 532 g/mol. The smallest absolute Gasteiger partial charge is 0.328 e. The highest BCUT2D eigenvalue weighted by Crippen LogP contribution is 2.38. The first-order chi connectivity index (χ1) is 20.3. The molecule has 2 aliphatic heterocycles. The minimum absolute atomic E-state index is 0.0943. The van der Waals surface area contributed by atoms with Crippen LogP contribution in [-0.2, 0) is 27.4 Å². The molecule has 9 nitrogen and oxygen atoms in total. The zero-order valence-electron chi connectivity index (χ0n) is 24.5. The van der Waals surface area contributed by atoms with Gasteiger partial charge in [-0.25, -0.2) is 4.79 Å². The second kappa shape index (κ2) is 12.8. The van der Waals surface area contributed by atoms with E-state index in [1.807, 2.05) is 48.5 Å². The Morgan fingerprint density at radius 3 is 2.24 bits per heavy atom. The molecule has 9 heteroatoms. The summed E-state index contributed by atoms with van der Waals surface area (Å²) < 4.78 is 10.6. The fraction of sp³-hybridized carbons (Fsp3) is 0.364. The van der Waals surface area contributed by atoms with Gasteiger partial charge in [0.1, 0.15) is 11.3 Å². The maximum Gasteiger partial charge on any atom is 0.328 e. The van der Waals surface area contributed by atoms with Gasteiger partial charge in [-0.1, -0.05) is 42.5 Å². The quantitative estimate of drug-likeness (QED) is 0.354. The number of hydrogen-bond acceptors (Lipinski definition) is 6. The molecule has 0 saturated carbocycles. The zero-order chi connectivity index (χ0) is 29.7. The highest BCUT2D eigenvalue weighted by molar-refractivity contribution is 6.07. The van der Waals surface area contributed by atoms with Crippen LogP contribution in [0, 0.1) is 0 Å².